The molecular formula is C19H22N2O5. The van der Waals surface area contributed by atoms with Crippen molar-refractivity contribution in [1.29, 1.82) is 0 Å². The van der Waals surface area contributed by atoms with Crippen molar-refractivity contribution < 1.29 is 23.9 Å². The van der Waals surface area contributed by atoms with Gasteiger partial charge in [-0.1, -0.05) is 44.5 Å². The van der Waals surface area contributed by atoms with Crippen molar-refractivity contribution in [1.82, 2.24) is 10.3 Å². The summed E-state index contributed by atoms with van der Waals surface area (Å²) in [6.45, 7) is 3.22. The summed E-state index contributed by atoms with van der Waals surface area (Å²) in [6, 6.07) is 9.88. The Morgan fingerprint density at radius 2 is 1.88 bits per heavy atom. The van der Waals surface area contributed by atoms with Crippen LogP contribution in [0.25, 0.3) is 10.9 Å². The minimum absolute atomic E-state index is 0.107. The van der Waals surface area contributed by atoms with Crippen LogP contribution >= 0.6 is 0 Å². The highest BCUT2D eigenvalue weighted by atomic mass is 16.5. The SMILES string of the molecule is CCC(C)C(NC(=O)COC(=O)c1ccc2ccccc2n1)C(=O)OC. The lowest BCUT2D eigenvalue weighted by molar-refractivity contribution is -0.147. The molecule has 1 aromatic carbocycles. The first-order valence-electron chi connectivity index (χ1n) is 8.36. The van der Waals surface area contributed by atoms with Gasteiger partial charge in [0, 0.05) is 5.39 Å². The number of pyridine rings is 1. The van der Waals surface area contributed by atoms with Crippen LogP contribution in [0.15, 0.2) is 36.4 Å². The third-order valence-electron chi connectivity index (χ3n) is 4.13. The highest BCUT2D eigenvalue weighted by molar-refractivity contribution is 5.93. The fraction of sp³-hybridized carbons (Fsp3) is 0.368. The molecule has 0 radical (unpaired) electrons. The molecule has 7 nitrogen and oxygen atoms in total. The molecule has 1 N–H and O–H groups in total. The molecule has 0 spiro atoms. The van der Waals surface area contributed by atoms with Gasteiger partial charge in [-0.3, -0.25) is 4.79 Å². The number of hydrogen-bond acceptors (Lipinski definition) is 6. The first kappa shape index (κ1) is 19.4. The van der Waals surface area contributed by atoms with Gasteiger partial charge in [0.05, 0.1) is 12.6 Å². The number of aromatic nitrogens is 1. The third kappa shape index (κ3) is 4.78. The molecule has 1 aromatic heterocycles. The van der Waals surface area contributed by atoms with Crippen LogP contribution in [0, 0.1) is 5.92 Å². The lowest BCUT2D eigenvalue weighted by atomic mass is 9.99. The van der Waals surface area contributed by atoms with Gasteiger partial charge in [0.25, 0.3) is 5.91 Å². The summed E-state index contributed by atoms with van der Waals surface area (Å²) in [4.78, 5) is 40.1. The molecule has 1 heterocycles. The van der Waals surface area contributed by atoms with Crippen molar-refractivity contribution in [3.8, 4) is 0 Å². The van der Waals surface area contributed by atoms with Gasteiger partial charge in [0.1, 0.15) is 11.7 Å². The number of carbonyl (C=O) groups is 3. The highest BCUT2D eigenvalue weighted by Crippen LogP contribution is 2.12. The van der Waals surface area contributed by atoms with Crippen molar-refractivity contribution in [2.24, 2.45) is 5.92 Å². The van der Waals surface area contributed by atoms with Crippen LogP contribution in [-0.4, -0.2) is 42.6 Å². The third-order valence-corrected chi connectivity index (χ3v) is 4.13. The molecule has 0 aliphatic rings. The minimum atomic E-state index is -0.782. The van der Waals surface area contributed by atoms with E-state index in [9.17, 15) is 14.4 Å². The Kier molecular flexibility index (Phi) is 6.66. The van der Waals surface area contributed by atoms with Crippen molar-refractivity contribution in [2.45, 2.75) is 26.3 Å². The Balaban J connectivity index is 1.96. The summed E-state index contributed by atoms with van der Waals surface area (Å²) in [7, 11) is 1.26. The van der Waals surface area contributed by atoms with Crippen LogP contribution < -0.4 is 5.32 Å². The maximum atomic E-state index is 12.1. The summed E-state index contributed by atoms with van der Waals surface area (Å²) in [6.07, 6.45) is 0.681. The summed E-state index contributed by atoms with van der Waals surface area (Å²) < 4.78 is 9.70. The van der Waals surface area contributed by atoms with Gasteiger partial charge in [-0.05, 0) is 18.1 Å². The molecule has 0 aliphatic heterocycles. The number of rotatable bonds is 7. The zero-order chi connectivity index (χ0) is 19.1. The number of nitrogens with zero attached hydrogens (tertiary/aromatic N) is 1. The topological polar surface area (TPSA) is 94.6 Å². The molecule has 0 saturated carbocycles. The van der Waals surface area contributed by atoms with E-state index in [1.807, 2.05) is 32.0 Å². The fourth-order valence-electron chi connectivity index (χ4n) is 2.40. The molecule has 2 unspecified atom stereocenters. The number of carbonyl (C=O) groups excluding carboxylic acids is 3. The van der Waals surface area contributed by atoms with E-state index in [4.69, 9.17) is 9.47 Å². The maximum Gasteiger partial charge on any atom is 0.357 e. The molecule has 0 aliphatic carbocycles. The lowest BCUT2D eigenvalue weighted by Crippen LogP contribution is -2.47. The first-order chi connectivity index (χ1) is 12.5. The smallest absolute Gasteiger partial charge is 0.357 e. The van der Waals surface area contributed by atoms with Crippen molar-refractivity contribution >= 4 is 28.7 Å². The van der Waals surface area contributed by atoms with Gasteiger partial charge in [0.15, 0.2) is 6.61 Å². The summed E-state index contributed by atoms with van der Waals surface area (Å²) in [5.74, 6) is -1.92. The zero-order valence-corrected chi connectivity index (χ0v) is 15.0. The highest BCUT2D eigenvalue weighted by Gasteiger charge is 2.27. The molecule has 1 amide bonds. The monoisotopic (exact) mass is 358 g/mol. The van der Waals surface area contributed by atoms with Gasteiger partial charge >= 0.3 is 11.9 Å². The van der Waals surface area contributed by atoms with Crippen LogP contribution in [0.5, 0.6) is 0 Å². The Hall–Kier alpha value is -2.96. The molecule has 2 aromatic rings. The standard InChI is InChI=1S/C19H22N2O5/c1-4-12(2)17(19(24)25-3)21-16(22)11-26-18(23)15-10-9-13-7-5-6-8-14(13)20-15/h5-10,12,17H,4,11H2,1-3H3,(H,21,22). The fourth-order valence-corrected chi connectivity index (χ4v) is 2.40. The quantitative estimate of drug-likeness (QED) is 0.762. The number of amides is 1. The predicted octanol–water partition coefficient (Wildman–Crippen LogP) is 2.10. The van der Waals surface area contributed by atoms with Gasteiger partial charge in [-0.15, -0.1) is 0 Å². The van der Waals surface area contributed by atoms with Crippen molar-refractivity contribution in [3.63, 3.8) is 0 Å². The second-order valence-corrected chi connectivity index (χ2v) is 5.92. The number of hydrogen-bond donors (Lipinski definition) is 1. The van der Waals surface area contributed by atoms with Crippen molar-refractivity contribution in [2.75, 3.05) is 13.7 Å². The normalized spacial score (nSPS) is 12.9. The number of ether oxygens (including phenoxy) is 2. The number of para-hydroxylation sites is 1. The molecular weight excluding hydrogens is 336 g/mol. The molecule has 26 heavy (non-hydrogen) atoms. The molecule has 2 atom stereocenters. The second kappa shape index (κ2) is 8.94. The number of benzene rings is 1. The maximum absolute atomic E-state index is 12.1. The lowest BCUT2D eigenvalue weighted by Gasteiger charge is -2.21. The average Bonchev–Trinajstić information content (AvgIpc) is 2.68. The van der Waals surface area contributed by atoms with E-state index in [0.29, 0.717) is 11.9 Å². The van der Waals surface area contributed by atoms with Gasteiger partial charge in [-0.25, -0.2) is 14.6 Å². The van der Waals surface area contributed by atoms with Crippen LogP contribution in [0.2, 0.25) is 0 Å². The number of fused-ring (bicyclic) bond motifs is 1. The predicted molar refractivity (Wildman–Crippen MR) is 95.4 cm³/mol. The number of nitrogens with one attached hydrogen (secondary N) is 1. The van der Waals surface area contributed by atoms with Gasteiger partial charge in [-0.2, -0.15) is 0 Å². The first-order valence-corrected chi connectivity index (χ1v) is 8.36. The Morgan fingerprint density at radius 1 is 1.15 bits per heavy atom. The molecule has 0 fully saturated rings. The Labute approximate surface area is 151 Å². The van der Waals surface area contributed by atoms with E-state index in [1.54, 1.807) is 18.2 Å². The molecule has 7 heteroatoms. The van der Waals surface area contributed by atoms with Crippen molar-refractivity contribution in [3.05, 3.63) is 42.1 Å². The largest absolute Gasteiger partial charge is 0.467 e. The molecule has 0 bridgehead atoms. The minimum Gasteiger partial charge on any atom is -0.467 e. The van der Waals surface area contributed by atoms with E-state index in [0.717, 1.165) is 5.39 Å². The van der Waals surface area contributed by atoms with E-state index in [1.165, 1.54) is 7.11 Å². The van der Waals surface area contributed by atoms with E-state index in [-0.39, 0.29) is 11.6 Å². The molecule has 2 rings (SSSR count). The van der Waals surface area contributed by atoms with Crippen LogP contribution in [0.3, 0.4) is 0 Å². The van der Waals surface area contributed by atoms with Gasteiger partial charge < -0.3 is 14.8 Å². The average molecular weight is 358 g/mol. The number of methoxy groups -OCH3 is 1. The van der Waals surface area contributed by atoms with Crippen LogP contribution in [0.4, 0.5) is 0 Å². The van der Waals surface area contributed by atoms with E-state index in [2.05, 4.69) is 10.3 Å². The van der Waals surface area contributed by atoms with Crippen LogP contribution in [0.1, 0.15) is 30.8 Å². The van der Waals surface area contributed by atoms with Gasteiger partial charge in [0.2, 0.25) is 0 Å². The second-order valence-electron chi connectivity index (χ2n) is 5.92. The Bertz CT molecular complexity index is 805. The molecule has 138 valence electrons. The summed E-state index contributed by atoms with van der Waals surface area (Å²) in [5, 5.41) is 3.44. The summed E-state index contributed by atoms with van der Waals surface area (Å²) >= 11 is 0. The Morgan fingerprint density at radius 3 is 2.58 bits per heavy atom. The summed E-state index contributed by atoms with van der Waals surface area (Å²) in [5.41, 5.74) is 0.775. The number of esters is 2. The zero-order valence-electron chi connectivity index (χ0n) is 15.0. The van der Waals surface area contributed by atoms with Crippen LogP contribution in [-0.2, 0) is 19.1 Å². The van der Waals surface area contributed by atoms with E-state index < -0.39 is 30.5 Å². The molecule has 0 saturated heterocycles. The van der Waals surface area contributed by atoms with E-state index >= 15 is 0 Å².